The maximum absolute atomic E-state index is 13.0. The Kier molecular flexibility index (Phi) is 5.14. The molecule has 0 saturated carbocycles. The van der Waals surface area contributed by atoms with Crippen molar-refractivity contribution in [3.8, 4) is 11.8 Å². The zero-order valence-electron chi connectivity index (χ0n) is 18.4. The highest BCUT2D eigenvalue weighted by Crippen LogP contribution is 2.30. The van der Waals surface area contributed by atoms with Gasteiger partial charge in [0.1, 0.15) is 5.56 Å². The summed E-state index contributed by atoms with van der Waals surface area (Å²) in [5.41, 5.74) is 9.10. The van der Waals surface area contributed by atoms with Gasteiger partial charge in [-0.3, -0.25) is 14.3 Å². The molecule has 3 aromatic heterocycles. The summed E-state index contributed by atoms with van der Waals surface area (Å²) < 4.78 is 3.11. The number of carbonyl (C=O) groups is 2. The molecule has 34 heavy (non-hydrogen) atoms. The summed E-state index contributed by atoms with van der Waals surface area (Å²) in [6, 6.07) is 1.14. The maximum Gasteiger partial charge on any atom is 0.259 e. The van der Waals surface area contributed by atoms with E-state index in [-0.39, 0.29) is 17.3 Å². The molecule has 10 nitrogen and oxygen atoms in total. The fourth-order valence-electron chi connectivity index (χ4n) is 3.87. The number of aryl methyl sites for hydroxylation is 1. The number of nitrogens with zero attached hydrogens (tertiary/aromatic N) is 6. The van der Waals surface area contributed by atoms with Gasteiger partial charge in [-0.15, -0.1) is 5.10 Å². The lowest BCUT2D eigenvalue weighted by Gasteiger charge is -2.24. The van der Waals surface area contributed by atoms with Crippen molar-refractivity contribution >= 4 is 29.0 Å². The number of hydrogen-bond acceptors (Lipinski definition) is 6. The van der Waals surface area contributed by atoms with E-state index >= 15 is 0 Å². The van der Waals surface area contributed by atoms with E-state index in [1.54, 1.807) is 42.5 Å². The Hall–Kier alpha value is -4.78. The van der Waals surface area contributed by atoms with Crippen LogP contribution in [0.25, 0.3) is 5.65 Å². The third-order valence-corrected chi connectivity index (χ3v) is 5.51. The van der Waals surface area contributed by atoms with E-state index in [2.05, 4.69) is 37.3 Å². The number of nitrogens with one attached hydrogen (secondary N) is 1. The second kappa shape index (κ2) is 8.29. The van der Waals surface area contributed by atoms with Gasteiger partial charge in [0.05, 0.1) is 29.4 Å². The number of fused-ring (bicyclic) bond motifs is 2. The number of carbonyl (C=O) groups excluding carboxylic acids is 2. The van der Waals surface area contributed by atoms with Crippen molar-refractivity contribution in [3.05, 3.63) is 77.4 Å². The van der Waals surface area contributed by atoms with Crippen LogP contribution in [0.3, 0.4) is 0 Å². The second-order valence-corrected chi connectivity index (χ2v) is 7.93. The summed E-state index contributed by atoms with van der Waals surface area (Å²) in [5, 5.41) is 11.1. The molecular weight excluding hydrogens is 432 g/mol. The maximum atomic E-state index is 13.0. The number of anilines is 1. The van der Waals surface area contributed by atoms with E-state index in [0.717, 1.165) is 11.1 Å². The van der Waals surface area contributed by atoms with E-state index in [4.69, 9.17) is 5.73 Å². The lowest BCUT2D eigenvalue weighted by atomic mass is 9.83. The first-order valence-corrected chi connectivity index (χ1v) is 10.5. The van der Waals surface area contributed by atoms with Gasteiger partial charge in [-0.25, -0.2) is 14.5 Å². The number of rotatable bonds is 3. The number of dihydropyridines is 1. The molecule has 0 radical (unpaired) electrons. The van der Waals surface area contributed by atoms with Gasteiger partial charge in [0.2, 0.25) is 0 Å². The van der Waals surface area contributed by atoms with E-state index in [1.807, 2.05) is 31.4 Å². The normalized spacial score (nSPS) is 17.8. The first-order valence-electron chi connectivity index (χ1n) is 10.5. The highest BCUT2D eigenvalue weighted by molar-refractivity contribution is 6.13. The average molecular weight is 452 g/mol. The first kappa shape index (κ1) is 21.1. The van der Waals surface area contributed by atoms with Crippen LogP contribution in [0.15, 0.2) is 71.3 Å². The Balaban J connectivity index is 1.36. The third-order valence-electron chi connectivity index (χ3n) is 5.51. The highest BCUT2D eigenvalue weighted by atomic mass is 16.2. The van der Waals surface area contributed by atoms with Gasteiger partial charge in [-0.1, -0.05) is 24.0 Å². The van der Waals surface area contributed by atoms with Gasteiger partial charge >= 0.3 is 0 Å². The summed E-state index contributed by atoms with van der Waals surface area (Å²) in [4.78, 5) is 34.4. The molecule has 2 atom stereocenters. The van der Waals surface area contributed by atoms with Crippen LogP contribution in [0.1, 0.15) is 22.8 Å². The van der Waals surface area contributed by atoms with Crippen LogP contribution in [-0.2, 0) is 11.8 Å². The molecule has 0 fully saturated rings. The summed E-state index contributed by atoms with van der Waals surface area (Å²) in [7, 11) is 1.82. The van der Waals surface area contributed by atoms with Crippen LogP contribution in [0, 0.1) is 17.8 Å². The number of hydrogen-bond donors (Lipinski definition) is 2. The van der Waals surface area contributed by atoms with Crippen molar-refractivity contribution in [1.29, 1.82) is 0 Å². The van der Waals surface area contributed by atoms with Crippen LogP contribution >= 0.6 is 0 Å². The molecular formula is C24H20N8O2. The molecule has 4 heterocycles. The summed E-state index contributed by atoms with van der Waals surface area (Å²) in [6.07, 6.45) is 14.0. The highest BCUT2D eigenvalue weighted by Gasteiger charge is 2.32. The molecule has 5 rings (SSSR count). The number of nitrogens with two attached hydrogens (primary N) is 1. The average Bonchev–Trinajstić information content (AvgIpc) is 3.38. The number of amides is 2. The minimum absolute atomic E-state index is 0.0701. The minimum atomic E-state index is -0.569. The number of allylic oxidation sites excluding steroid dienone is 3. The lowest BCUT2D eigenvalue weighted by Crippen LogP contribution is -2.40. The SMILES string of the molecule is C[C@H](NC(=O)c1c(N)nn2cccnc12)C1=NC(=O)C2C(C#Cc3cnn(C)c3)=CC=CC2=C1. The minimum Gasteiger partial charge on any atom is -0.381 e. The van der Waals surface area contributed by atoms with Crippen molar-refractivity contribution in [2.24, 2.45) is 18.0 Å². The molecule has 1 aliphatic carbocycles. The molecule has 1 aliphatic heterocycles. The molecule has 3 aromatic rings. The van der Waals surface area contributed by atoms with Crippen LogP contribution in [0.2, 0.25) is 0 Å². The second-order valence-electron chi connectivity index (χ2n) is 7.93. The van der Waals surface area contributed by atoms with Gasteiger partial charge in [0.15, 0.2) is 11.5 Å². The fraction of sp³-hybridized carbons (Fsp3) is 0.167. The number of nitrogen functional groups attached to an aromatic ring is 1. The predicted molar refractivity (Wildman–Crippen MR) is 126 cm³/mol. The zero-order valence-corrected chi connectivity index (χ0v) is 18.4. The van der Waals surface area contributed by atoms with Gasteiger partial charge in [-0.2, -0.15) is 5.10 Å². The quantitative estimate of drug-likeness (QED) is 0.575. The van der Waals surface area contributed by atoms with Crippen molar-refractivity contribution in [2.45, 2.75) is 13.0 Å². The van der Waals surface area contributed by atoms with Gasteiger partial charge in [-0.05, 0) is 30.7 Å². The summed E-state index contributed by atoms with van der Waals surface area (Å²) in [5.74, 6) is 4.83. The topological polar surface area (TPSA) is 133 Å². The Morgan fingerprint density at radius 1 is 1.32 bits per heavy atom. The predicted octanol–water partition coefficient (Wildman–Crippen LogP) is 1.23. The standard InChI is InChI=1S/C24H20N8O2/c1-14(28-24(34)20-21(25)30-32-10-4-9-26-22(20)32)18-11-17-6-3-5-16(19(17)23(33)29-18)8-7-15-12-27-31(2)13-15/h3-6,9-14,19H,1-2H3,(H2,25,30)(H,28,34)/t14-,19?/m0/s1. The first-order chi connectivity index (χ1) is 16.4. The molecule has 2 aliphatic rings. The molecule has 0 aromatic carbocycles. The smallest absolute Gasteiger partial charge is 0.259 e. The van der Waals surface area contributed by atoms with Crippen LogP contribution in [0.4, 0.5) is 5.82 Å². The molecule has 3 N–H and O–H groups in total. The van der Waals surface area contributed by atoms with E-state index in [9.17, 15) is 9.59 Å². The third kappa shape index (κ3) is 3.80. The molecule has 10 heteroatoms. The van der Waals surface area contributed by atoms with Crippen molar-refractivity contribution in [3.63, 3.8) is 0 Å². The Morgan fingerprint density at radius 2 is 2.18 bits per heavy atom. The van der Waals surface area contributed by atoms with Crippen molar-refractivity contribution in [1.82, 2.24) is 29.7 Å². The Labute approximate surface area is 194 Å². The molecule has 0 bridgehead atoms. The van der Waals surface area contributed by atoms with Crippen LogP contribution < -0.4 is 11.1 Å². The van der Waals surface area contributed by atoms with Crippen LogP contribution in [-0.4, -0.2) is 47.9 Å². The Bertz CT molecular complexity index is 1520. The van der Waals surface area contributed by atoms with E-state index in [0.29, 0.717) is 16.9 Å². The molecule has 168 valence electrons. The van der Waals surface area contributed by atoms with Crippen molar-refractivity contribution in [2.75, 3.05) is 5.73 Å². The van der Waals surface area contributed by atoms with Gasteiger partial charge < -0.3 is 11.1 Å². The largest absolute Gasteiger partial charge is 0.381 e. The van der Waals surface area contributed by atoms with E-state index < -0.39 is 17.9 Å². The number of aliphatic imine (C=N–C) groups is 1. The monoisotopic (exact) mass is 452 g/mol. The molecule has 0 spiro atoms. The van der Waals surface area contributed by atoms with Gasteiger partial charge in [0.25, 0.3) is 11.8 Å². The Morgan fingerprint density at radius 3 is 2.97 bits per heavy atom. The van der Waals surface area contributed by atoms with Crippen LogP contribution in [0.5, 0.6) is 0 Å². The molecule has 0 saturated heterocycles. The summed E-state index contributed by atoms with van der Waals surface area (Å²) >= 11 is 0. The number of aromatic nitrogens is 5. The van der Waals surface area contributed by atoms with Gasteiger partial charge in [0, 0.05) is 31.2 Å². The summed E-state index contributed by atoms with van der Waals surface area (Å²) in [6.45, 7) is 1.75. The zero-order chi connectivity index (χ0) is 23.8. The lowest BCUT2D eigenvalue weighted by molar-refractivity contribution is -0.119. The van der Waals surface area contributed by atoms with E-state index in [1.165, 1.54) is 4.52 Å². The fourth-order valence-corrected chi connectivity index (χ4v) is 3.87. The molecule has 1 unspecified atom stereocenters. The molecule has 2 amide bonds. The van der Waals surface area contributed by atoms with Crippen molar-refractivity contribution < 1.29 is 9.59 Å².